The summed E-state index contributed by atoms with van der Waals surface area (Å²) in [6.45, 7) is 6.55. The quantitative estimate of drug-likeness (QED) is 0.0310. The maximum atomic E-state index is 13.3. The van der Waals surface area contributed by atoms with E-state index < -0.39 is 97.9 Å². The van der Waals surface area contributed by atoms with Crippen molar-refractivity contribution in [1.82, 2.24) is 0 Å². The minimum Gasteiger partial charge on any atom is -0.508 e. The van der Waals surface area contributed by atoms with Gasteiger partial charge in [0.15, 0.2) is 18.5 Å². The largest absolute Gasteiger partial charge is 0.508 e. The summed E-state index contributed by atoms with van der Waals surface area (Å²) in [4.78, 5) is 25.5. The molecule has 0 aliphatic carbocycles. The highest BCUT2D eigenvalue weighted by Crippen LogP contribution is 2.51. The number of aliphatic hydroxyl groups excluding tert-OH is 6. The third-order valence-corrected chi connectivity index (χ3v) is 10.9. The van der Waals surface area contributed by atoms with Gasteiger partial charge in [0.25, 0.3) is 0 Å². The Morgan fingerprint density at radius 3 is 2.45 bits per heavy atom. The Hall–Kier alpha value is -3.42. The van der Waals surface area contributed by atoms with Crippen molar-refractivity contribution >= 4 is 11.9 Å². The molecule has 1 spiro atoms. The number of hydrogen-bond acceptors (Lipinski definition) is 16. The normalized spacial score (nSPS) is 31.5. The summed E-state index contributed by atoms with van der Waals surface area (Å²) in [5, 5.41) is 86.3. The van der Waals surface area contributed by atoms with Gasteiger partial charge in [0.2, 0.25) is 5.79 Å². The number of carbonyl (C=O) groups excluding carboxylic acids is 2. The van der Waals surface area contributed by atoms with Crippen LogP contribution in [0.1, 0.15) is 90.2 Å². The number of ether oxygens (including phenoxy) is 6. The summed E-state index contributed by atoms with van der Waals surface area (Å²) in [5.41, 5.74) is 0.138. The summed E-state index contributed by atoms with van der Waals surface area (Å²) in [6.07, 6.45) is -0.622. The molecule has 16 nitrogen and oxygen atoms in total. The zero-order chi connectivity index (χ0) is 42.6. The van der Waals surface area contributed by atoms with Crippen molar-refractivity contribution in [3.63, 3.8) is 0 Å². The van der Waals surface area contributed by atoms with Crippen molar-refractivity contribution in [1.29, 1.82) is 0 Å². The number of allylic oxidation sites excluding steroid dienone is 4. The third kappa shape index (κ3) is 11.9. The van der Waals surface area contributed by atoms with Gasteiger partial charge in [-0.25, -0.2) is 4.79 Å². The fraction of sp³-hybridized carbons (Fsp3) is 0.667. The van der Waals surface area contributed by atoms with E-state index in [1.807, 2.05) is 13.8 Å². The van der Waals surface area contributed by atoms with Crippen molar-refractivity contribution in [2.75, 3.05) is 13.2 Å². The van der Waals surface area contributed by atoms with Gasteiger partial charge in [-0.15, -0.1) is 0 Å². The van der Waals surface area contributed by atoms with Gasteiger partial charge in [0, 0.05) is 18.6 Å². The zero-order valence-electron chi connectivity index (χ0n) is 33.7. The first-order valence-corrected chi connectivity index (χ1v) is 20.2. The maximum Gasteiger partial charge on any atom is 0.331 e. The predicted molar refractivity (Wildman–Crippen MR) is 207 cm³/mol. The number of aromatic hydroxyl groups is 2. The van der Waals surface area contributed by atoms with E-state index in [-0.39, 0.29) is 35.8 Å². The standard InChI is InChI=1S/C42H62O16/c1-5-7-17-32(47)53-23-31-35(49)36(50)37(51)41(55-31)57-38-30(21-43)58-42(34-26(22-54-42)19-27(44)20-29(34)46)40(52)39(38)56-33(48)18-13-9-12-16-28(45)25(4)15-11-8-10-14-24(3)6-2/h9-10,12-14,18-20,24-25,28,30-31,35-41,43-46,49-52H,5-8,11,15-17,21-23H2,1-4H3/b12-9+,14-10+,18-13?/t24-,25-,28-,30-,31+,35+,36-,37-,38-,39-,40+,41+,42-/m1/s1. The van der Waals surface area contributed by atoms with Crippen molar-refractivity contribution in [3.05, 3.63) is 59.7 Å². The highest BCUT2D eigenvalue weighted by Gasteiger charge is 2.63. The van der Waals surface area contributed by atoms with Crippen LogP contribution in [0.2, 0.25) is 0 Å². The van der Waals surface area contributed by atoms with E-state index >= 15 is 0 Å². The smallest absolute Gasteiger partial charge is 0.331 e. The summed E-state index contributed by atoms with van der Waals surface area (Å²) in [5.74, 6) is -4.05. The Kier molecular flexibility index (Phi) is 18.1. The summed E-state index contributed by atoms with van der Waals surface area (Å²) < 4.78 is 34.6. The molecular formula is C42H62O16. The number of aliphatic hydroxyl groups is 6. The Morgan fingerprint density at radius 1 is 0.983 bits per heavy atom. The molecule has 16 heteroatoms. The fourth-order valence-electron chi connectivity index (χ4n) is 7.12. The van der Waals surface area contributed by atoms with E-state index in [4.69, 9.17) is 28.4 Å². The van der Waals surface area contributed by atoms with Gasteiger partial charge in [0.05, 0.1) is 24.9 Å². The fourth-order valence-corrected chi connectivity index (χ4v) is 7.12. The van der Waals surface area contributed by atoms with E-state index in [2.05, 4.69) is 26.0 Å². The molecule has 0 saturated carbocycles. The Balaban J connectivity index is 1.51. The van der Waals surface area contributed by atoms with Crippen molar-refractivity contribution in [2.24, 2.45) is 11.8 Å². The number of benzene rings is 1. The van der Waals surface area contributed by atoms with Crippen LogP contribution in [0.4, 0.5) is 0 Å². The predicted octanol–water partition coefficient (Wildman–Crippen LogP) is 2.64. The molecule has 0 amide bonds. The molecule has 0 unspecified atom stereocenters. The molecule has 0 radical (unpaired) electrons. The van der Waals surface area contributed by atoms with Crippen LogP contribution in [0.25, 0.3) is 0 Å². The highest BCUT2D eigenvalue weighted by molar-refractivity contribution is 5.82. The van der Waals surface area contributed by atoms with Crippen molar-refractivity contribution in [2.45, 2.75) is 153 Å². The number of phenols is 2. The SMILES string of the molecule is CCCCC(=O)OC[C@@H]1O[C@@H](O[C@H]2[C@@H](OC(=O)C=C/C=C/C[C@@H](O)[C@H](C)CCC/C=C/[C@H](C)CC)[C@H](O)[C@]3(OCc4cc(O)cc(O)c43)O[C@@H]2CO)[C@H](O)[C@H](O)[C@H]1O. The Labute approximate surface area is 339 Å². The molecule has 3 aliphatic rings. The van der Waals surface area contributed by atoms with Gasteiger partial charge in [-0.3, -0.25) is 4.79 Å². The van der Waals surface area contributed by atoms with Crippen molar-refractivity contribution in [3.8, 4) is 11.5 Å². The minimum absolute atomic E-state index is 0.0489. The number of hydrogen-bond donors (Lipinski definition) is 8. The van der Waals surface area contributed by atoms with Gasteiger partial charge in [0.1, 0.15) is 54.7 Å². The van der Waals surface area contributed by atoms with Crippen LogP contribution in [0.3, 0.4) is 0 Å². The van der Waals surface area contributed by atoms with Gasteiger partial charge in [-0.1, -0.05) is 70.9 Å². The van der Waals surface area contributed by atoms with E-state index in [0.717, 1.165) is 44.2 Å². The molecule has 2 fully saturated rings. The number of phenolic OH excluding ortho intramolecular Hbond substituents is 2. The van der Waals surface area contributed by atoms with E-state index in [9.17, 15) is 50.4 Å². The molecule has 0 bridgehead atoms. The topological polar surface area (TPSA) is 251 Å². The summed E-state index contributed by atoms with van der Waals surface area (Å²) >= 11 is 0. The first-order chi connectivity index (χ1) is 27.7. The van der Waals surface area contributed by atoms with Crippen LogP contribution in [0.5, 0.6) is 11.5 Å². The zero-order valence-corrected chi connectivity index (χ0v) is 33.7. The van der Waals surface area contributed by atoms with Crippen molar-refractivity contribution < 1.29 is 78.9 Å². The Bertz CT molecular complexity index is 1560. The lowest BCUT2D eigenvalue weighted by Gasteiger charge is -2.50. The van der Waals surface area contributed by atoms with E-state index in [1.165, 1.54) is 12.1 Å². The minimum atomic E-state index is -2.25. The number of fused-ring (bicyclic) bond motifs is 2. The molecule has 2 saturated heterocycles. The van der Waals surface area contributed by atoms with Crippen LogP contribution in [-0.2, 0) is 50.4 Å². The summed E-state index contributed by atoms with van der Waals surface area (Å²) in [7, 11) is 0. The van der Waals surface area contributed by atoms with Gasteiger partial charge in [-0.2, -0.15) is 0 Å². The number of rotatable bonds is 20. The lowest BCUT2D eigenvalue weighted by atomic mass is 9.86. The molecule has 3 heterocycles. The molecule has 58 heavy (non-hydrogen) atoms. The second-order valence-electron chi connectivity index (χ2n) is 15.4. The third-order valence-electron chi connectivity index (χ3n) is 10.9. The maximum absolute atomic E-state index is 13.3. The monoisotopic (exact) mass is 822 g/mol. The van der Waals surface area contributed by atoms with Crippen LogP contribution in [-0.4, -0.2) is 127 Å². The van der Waals surface area contributed by atoms with E-state index in [0.29, 0.717) is 18.8 Å². The molecule has 13 atom stereocenters. The molecule has 3 aliphatic heterocycles. The number of carbonyl (C=O) groups is 2. The van der Waals surface area contributed by atoms with Gasteiger partial charge < -0.3 is 69.3 Å². The van der Waals surface area contributed by atoms with Crippen LogP contribution < -0.4 is 0 Å². The van der Waals surface area contributed by atoms with Crippen LogP contribution in [0.15, 0.2) is 48.6 Å². The van der Waals surface area contributed by atoms with Gasteiger partial charge >= 0.3 is 11.9 Å². The molecule has 326 valence electrons. The molecule has 1 aromatic carbocycles. The molecule has 8 N–H and O–H groups in total. The average Bonchev–Trinajstić information content (AvgIpc) is 3.57. The number of unbranched alkanes of at least 4 members (excludes halogenated alkanes) is 2. The summed E-state index contributed by atoms with van der Waals surface area (Å²) in [6, 6.07) is 2.28. The number of esters is 2. The average molecular weight is 823 g/mol. The molecule has 4 rings (SSSR count). The molecular weight excluding hydrogens is 760 g/mol. The first-order valence-electron chi connectivity index (χ1n) is 20.2. The first kappa shape index (κ1) is 47.3. The van der Waals surface area contributed by atoms with Crippen LogP contribution in [0, 0.1) is 11.8 Å². The van der Waals surface area contributed by atoms with E-state index in [1.54, 1.807) is 12.2 Å². The Morgan fingerprint density at radius 2 is 1.74 bits per heavy atom. The lowest BCUT2D eigenvalue weighted by Crippen LogP contribution is -2.67. The van der Waals surface area contributed by atoms with Crippen LogP contribution >= 0.6 is 0 Å². The lowest BCUT2D eigenvalue weighted by molar-refractivity contribution is -0.395. The highest BCUT2D eigenvalue weighted by atomic mass is 16.8. The molecule has 1 aromatic rings. The van der Waals surface area contributed by atoms with Gasteiger partial charge in [-0.05, 0) is 55.6 Å². The molecule has 0 aromatic heterocycles. The second-order valence-corrected chi connectivity index (χ2v) is 15.4. The second kappa shape index (κ2) is 22.3.